The number of hydrogen-bond donors (Lipinski definition) is 0. The van der Waals surface area contributed by atoms with Crippen LogP contribution in [0, 0.1) is 0 Å². The molecule has 0 aliphatic rings. The Kier molecular flexibility index (Phi) is 5.42. The van der Waals surface area contributed by atoms with Crippen LogP contribution in [0.1, 0.15) is 0 Å². The van der Waals surface area contributed by atoms with Gasteiger partial charge in [-0.2, -0.15) is 0 Å². The quantitative estimate of drug-likeness (QED) is 0.302. The molecule has 0 amide bonds. The van der Waals surface area contributed by atoms with Gasteiger partial charge in [-0.1, -0.05) is 24.3 Å². The zero-order valence-corrected chi connectivity index (χ0v) is 16.4. The van der Waals surface area contributed by atoms with E-state index < -0.39 is 0 Å². The van der Waals surface area contributed by atoms with E-state index in [1.165, 1.54) is 0 Å². The van der Waals surface area contributed by atoms with Gasteiger partial charge in [0.1, 0.15) is 0 Å². The summed E-state index contributed by atoms with van der Waals surface area (Å²) in [6.45, 7) is 0. The van der Waals surface area contributed by atoms with Gasteiger partial charge in [-0.25, -0.2) is 0 Å². The number of pyridine rings is 4. The van der Waals surface area contributed by atoms with Crippen molar-refractivity contribution in [3.63, 3.8) is 0 Å². The summed E-state index contributed by atoms with van der Waals surface area (Å²) in [5, 5.41) is 4.55. The first kappa shape index (κ1) is 18.9. The summed E-state index contributed by atoms with van der Waals surface area (Å²) in [4.78, 5) is 17.3. The van der Waals surface area contributed by atoms with Crippen LogP contribution in [-0.4, -0.2) is 19.9 Å². The van der Waals surface area contributed by atoms with Crippen LogP contribution in [0.5, 0.6) is 0 Å². The molecule has 4 aromatic heterocycles. The van der Waals surface area contributed by atoms with Gasteiger partial charge in [0.15, 0.2) is 0 Å². The summed E-state index contributed by atoms with van der Waals surface area (Å²) in [6.07, 6.45) is 7.23. The fourth-order valence-electron chi connectivity index (χ4n) is 3.39. The third-order valence-corrected chi connectivity index (χ3v) is 4.71. The number of rotatable bonds is 0. The Labute approximate surface area is 177 Å². The van der Waals surface area contributed by atoms with Crippen LogP contribution in [0.2, 0.25) is 0 Å². The second-order valence-corrected chi connectivity index (χ2v) is 6.42. The van der Waals surface area contributed by atoms with Gasteiger partial charge in [0.05, 0.1) is 22.1 Å². The SMILES string of the molecule is [Co].c1cnc2c(c1)ccc1ncccc12.c1cnc2c(c1)ccc1ncccc12. The molecule has 0 N–H and O–H groups in total. The largest absolute Gasteiger partial charge is 0.256 e. The fraction of sp³-hybridized carbons (Fsp3) is 0. The summed E-state index contributed by atoms with van der Waals surface area (Å²) >= 11 is 0. The van der Waals surface area contributed by atoms with Crippen molar-refractivity contribution in [3.8, 4) is 0 Å². The van der Waals surface area contributed by atoms with Gasteiger partial charge in [0, 0.05) is 63.1 Å². The van der Waals surface area contributed by atoms with E-state index >= 15 is 0 Å². The number of hydrogen-bond acceptors (Lipinski definition) is 4. The van der Waals surface area contributed by atoms with Crippen LogP contribution in [0.4, 0.5) is 0 Å². The van der Waals surface area contributed by atoms with Crippen molar-refractivity contribution in [2.75, 3.05) is 0 Å². The summed E-state index contributed by atoms with van der Waals surface area (Å²) in [6, 6.07) is 24.2. The Morgan fingerprint density at radius 2 is 0.828 bits per heavy atom. The molecule has 6 aromatic rings. The molecular weight excluding hydrogens is 403 g/mol. The number of benzene rings is 2. The Morgan fingerprint density at radius 3 is 1.31 bits per heavy atom. The monoisotopic (exact) mass is 419 g/mol. The molecule has 0 fully saturated rings. The van der Waals surface area contributed by atoms with Crippen molar-refractivity contribution in [1.82, 2.24) is 19.9 Å². The van der Waals surface area contributed by atoms with Gasteiger partial charge in [-0.05, 0) is 48.5 Å². The molecule has 141 valence electrons. The molecule has 4 heterocycles. The molecule has 4 nitrogen and oxygen atoms in total. The van der Waals surface area contributed by atoms with Crippen molar-refractivity contribution in [2.45, 2.75) is 0 Å². The van der Waals surface area contributed by atoms with Crippen molar-refractivity contribution in [2.24, 2.45) is 0 Å². The number of fused-ring (bicyclic) bond motifs is 6. The average Bonchev–Trinajstić information content (AvgIpc) is 2.79. The van der Waals surface area contributed by atoms with E-state index in [2.05, 4.69) is 56.3 Å². The predicted molar refractivity (Wildman–Crippen MR) is 114 cm³/mol. The minimum absolute atomic E-state index is 0. The fourth-order valence-corrected chi connectivity index (χ4v) is 3.39. The van der Waals surface area contributed by atoms with E-state index in [4.69, 9.17) is 0 Å². The number of aromatic nitrogens is 4. The van der Waals surface area contributed by atoms with Crippen LogP contribution in [0.3, 0.4) is 0 Å². The molecule has 0 saturated carbocycles. The second kappa shape index (κ2) is 8.30. The molecule has 0 aliphatic carbocycles. The third-order valence-electron chi connectivity index (χ3n) is 4.71. The molecule has 0 aliphatic heterocycles. The van der Waals surface area contributed by atoms with Gasteiger partial charge in [0.25, 0.3) is 0 Å². The maximum Gasteiger partial charge on any atom is 0.0795 e. The summed E-state index contributed by atoms with van der Waals surface area (Å²) in [5.74, 6) is 0. The topological polar surface area (TPSA) is 51.6 Å². The van der Waals surface area contributed by atoms with Gasteiger partial charge >= 0.3 is 0 Å². The zero-order chi connectivity index (χ0) is 18.8. The van der Waals surface area contributed by atoms with E-state index in [1.54, 1.807) is 12.4 Å². The molecule has 0 saturated heterocycles. The van der Waals surface area contributed by atoms with Gasteiger partial charge in [-0.3, -0.25) is 19.9 Å². The molecule has 0 bridgehead atoms. The minimum atomic E-state index is 0. The Hall–Kier alpha value is -3.41. The Bertz CT molecular complexity index is 1210. The molecule has 2 aromatic carbocycles. The molecule has 6 rings (SSSR count). The van der Waals surface area contributed by atoms with Crippen molar-refractivity contribution in [3.05, 3.63) is 97.6 Å². The van der Waals surface area contributed by atoms with Gasteiger partial charge < -0.3 is 0 Å². The van der Waals surface area contributed by atoms with E-state index in [1.807, 2.05) is 48.8 Å². The predicted octanol–water partition coefficient (Wildman–Crippen LogP) is 5.56. The smallest absolute Gasteiger partial charge is 0.0795 e. The van der Waals surface area contributed by atoms with Crippen LogP contribution in [0.25, 0.3) is 43.6 Å². The average molecular weight is 419 g/mol. The van der Waals surface area contributed by atoms with Crippen molar-refractivity contribution in [1.29, 1.82) is 0 Å². The first-order valence-corrected chi connectivity index (χ1v) is 9.07. The zero-order valence-electron chi connectivity index (χ0n) is 15.4. The van der Waals surface area contributed by atoms with Crippen LogP contribution in [-0.2, 0) is 16.8 Å². The van der Waals surface area contributed by atoms with Gasteiger partial charge in [0.2, 0.25) is 0 Å². The summed E-state index contributed by atoms with van der Waals surface area (Å²) < 4.78 is 0. The first-order valence-electron chi connectivity index (χ1n) is 9.07. The van der Waals surface area contributed by atoms with Gasteiger partial charge in [-0.15, -0.1) is 0 Å². The van der Waals surface area contributed by atoms with E-state index in [-0.39, 0.29) is 16.8 Å². The molecule has 0 spiro atoms. The Balaban J connectivity index is 0.000000137. The maximum atomic E-state index is 4.37. The first-order chi connectivity index (χ1) is 13.9. The number of nitrogens with zero attached hydrogens (tertiary/aromatic N) is 4. The Morgan fingerprint density at radius 1 is 0.414 bits per heavy atom. The van der Waals surface area contributed by atoms with E-state index in [0.29, 0.717) is 0 Å². The van der Waals surface area contributed by atoms with Crippen LogP contribution in [0.15, 0.2) is 97.6 Å². The molecule has 29 heavy (non-hydrogen) atoms. The summed E-state index contributed by atoms with van der Waals surface area (Å²) in [5.41, 5.74) is 4.05. The van der Waals surface area contributed by atoms with Crippen LogP contribution < -0.4 is 0 Å². The standard InChI is InChI=1S/2C12H8N2.Co/c2*1-3-9-5-6-11-10(4-2-7-13-11)12(9)14-8-1;/h2*1-8H;. The van der Waals surface area contributed by atoms with E-state index in [0.717, 1.165) is 43.6 Å². The van der Waals surface area contributed by atoms with Crippen LogP contribution >= 0.6 is 0 Å². The normalized spacial score (nSPS) is 10.5. The summed E-state index contributed by atoms with van der Waals surface area (Å²) in [7, 11) is 0. The van der Waals surface area contributed by atoms with Crippen molar-refractivity contribution >= 4 is 43.6 Å². The minimum Gasteiger partial charge on any atom is -0.256 e. The molecule has 5 heteroatoms. The molecule has 0 atom stereocenters. The maximum absolute atomic E-state index is 4.37. The molecular formula is C24H16CoN4. The van der Waals surface area contributed by atoms with Crippen molar-refractivity contribution < 1.29 is 16.8 Å². The molecule has 1 radical (unpaired) electrons. The molecule has 0 unspecified atom stereocenters. The third kappa shape index (κ3) is 3.65. The van der Waals surface area contributed by atoms with E-state index in [9.17, 15) is 0 Å². The second-order valence-electron chi connectivity index (χ2n) is 6.42.